The van der Waals surface area contributed by atoms with Gasteiger partial charge in [0.05, 0.1) is 11.7 Å². The van der Waals surface area contributed by atoms with Crippen LogP contribution in [0.5, 0.6) is 0 Å². The highest BCUT2D eigenvalue weighted by Crippen LogP contribution is 2.43. The molecule has 0 amide bonds. The Morgan fingerprint density at radius 3 is 3.00 bits per heavy atom. The van der Waals surface area contributed by atoms with E-state index >= 15 is 0 Å². The second-order valence-corrected chi connectivity index (χ2v) is 7.29. The predicted molar refractivity (Wildman–Crippen MR) is 80.8 cm³/mol. The summed E-state index contributed by atoms with van der Waals surface area (Å²) in [6.07, 6.45) is 9.46. The van der Waals surface area contributed by atoms with Crippen molar-refractivity contribution in [2.24, 2.45) is 0 Å². The maximum atomic E-state index is 6.34. The summed E-state index contributed by atoms with van der Waals surface area (Å²) < 4.78 is 6.34. The molecule has 3 rings (SSSR count). The molecule has 1 saturated heterocycles. The van der Waals surface area contributed by atoms with Crippen molar-refractivity contribution in [3.63, 3.8) is 0 Å². The van der Waals surface area contributed by atoms with Gasteiger partial charge in [0.25, 0.3) is 0 Å². The lowest BCUT2D eigenvalue weighted by Gasteiger charge is -2.24. The molecule has 1 spiro atoms. The van der Waals surface area contributed by atoms with Crippen LogP contribution in [0.3, 0.4) is 0 Å². The van der Waals surface area contributed by atoms with Crippen molar-refractivity contribution < 1.29 is 4.74 Å². The Morgan fingerprint density at radius 1 is 1.42 bits per heavy atom. The van der Waals surface area contributed by atoms with Crippen LogP contribution < -0.4 is 5.32 Å². The summed E-state index contributed by atoms with van der Waals surface area (Å²) in [4.78, 5) is 1.47. The minimum atomic E-state index is 0.281. The van der Waals surface area contributed by atoms with Gasteiger partial charge in [-0.05, 0) is 50.5 Å². The Bertz CT molecular complexity index is 383. The zero-order valence-corrected chi connectivity index (χ0v) is 12.7. The van der Waals surface area contributed by atoms with Crippen LogP contribution in [0.4, 0.5) is 0 Å². The highest BCUT2D eigenvalue weighted by molar-refractivity contribution is 7.09. The molecule has 0 radical (unpaired) electrons. The quantitative estimate of drug-likeness (QED) is 0.886. The number of nitrogens with one attached hydrogen (secondary N) is 1. The van der Waals surface area contributed by atoms with Crippen molar-refractivity contribution in [2.45, 2.75) is 69.6 Å². The number of hydrogen-bond donors (Lipinski definition) is 1. The normalized spacial score (nSPS) is 27.1. The second-order valence-electron chi connectivity index (χ2n) is 6.26. The summed E-state index contributed by atoms with van der Waals surface area (Å²) in [7, 11) is 0. The molecule has 2 fully saturated rings. The Labute approximate surface area is 120 Å². The van der Waals surface area contributed by atoms with Crippen LogP contribution in [0.15, 0.2) is 17.5 Å². The largest absolute Gasteiger partial charge is 0.370 e. The molecular weight excluding hydrogens is 254 g/mol. The van der Waals surface area contributed by atoms with Crippen LogP contribution in [0.1, 0.15) is 50.3 Å². The zero-order valence-electron chi connectivity index (χ0n) is 11.9. The second kappa shape index (κ2) is 5.94. The first kappa shape index (κ1) is 13.6. The Morgan fingerprint density at radius 2 is 2.26 bits per heavy atom. The lowest BCUT2D eigenvalue weighted by Crippen LogP contribution is -2.36. The summed E-state index contributed by atoms with van der Waals surface area (Å²) in [5, 5.41) is 5.81. The molecular formula is C16H25NOS. The smallest absolute Gasteiger partial charge is 0.0708 e. The molecule has 1 saturated carbocycles. The molecule has 1 aliphatic heterocycles. The maximum Gasteiger partial charge on any atom is 0.0708 e. The first-order valence-corrected chi connectivity index (χ1v) is 8.57. The fraction of sp³-hybridized carbons (Fsp3) is 0.750. The van der Waals surface area contributed by atoms with E-state index in [4.69, 9.17) is 4.74 Å². The van der Waals surface area contributed by atoms with E-state index < -0.39 is 0 Å². The highest BCUT2D eigenvalue weighted by atomic mass is 32.1. The number of thiophene rings is 1. The van der Waals surface area contributed by atoms with E-state index in [0.29, 0.717) is 12.1 Å². The van der Waals surface area contributed by atoms with Crippen molar-refractivity contribution in [3.8, 4) is 0 Å². The minimum Gasteiger partial charge on any atom is -0.370 e. The SMILES string of the molecule is CC(Cc1cccs1)NCC1CCC2(CCCC2)O1. The van der Waals surface area contributed by atoms with Crippen LogP contribution in [-0.2, 0) is 11.2 Å². The minimum absolute atomic E-state index is 0.281. The van der Waals surface area contributed by atoms with E-state index in [1.165, 1.54) is 43.4 Å². The summed E-state index contributed by atoms with van der Waals surface area (Å²) >= 11 is 1.85. The molecule has 3 heteroatoms. The van der Waals surface area contributed by atoms with Crippen LogP contribution in [0.25, 0.3) is 0 Å². The van der Waals surface area contributed by atoms with Crippen molar-refractivity contribution in [1.29, 1.82) is 0 Å². The van der Waals surface area contributed by atoms with Gasteiger partial charge < -0.3 is 10.1 Å². The lowest BCUT2D eigenvalue weighted by atomic mass is 9.98. The molecule has 19 heavy (non-hydrogen) atoms. The summed E-state index contributed by atoms with van der Waals surface area (Å²) in [5.41, 5.74) is 0.281. The van der Waals surface area contributed by atoms with E-state index in [-0.39, 0.29) is 5.60 Å². The fourth-order valence-electron chi connectivity index (χ4n) is 3.56. The molecule has 2 unspecified atom stereocenters. The predicted octanol–water partition coefficient (Wildman–Crippen LogP) is 3.76. The summed E-state index contributed by atoms with van der Waals surface area (Å²) in [6.45, 7) is 3.30. The van der Waals surface area contributed by atoms with Gasteiger partial charge in [0.1, 0.15) is 0 Å². The Hall–Kier alpha value is -0.380. The molecule has 1 aromatic rings. The molecule has 2 nitrogen and oxygen atoms in total. The van der Waals surface area contributed by atoms with Gasteiger partial charge in [0.15, 0.2) is 0 Å². The van der Waals surface area contributed by atoms with Gasteiger partial charge in [-0.3, -0.25) is 0 Å². The molecule has 2 heterocycles. The molecule has 0 bridgehead atoms. The number of hydrogen-bond acceptors (Lipinski definition) is 3. The summed E-state index contributed by atoms with van der Waals surface area (Å²) in [6, 6.07) is 4.90. The number of rotatable bonds is 5. The maximum absolute atomic E-state index is 6.34. The average molecular weight is 279 g/mol. The molecule has 0 aromatic carbocycles. The Kier molecular flexibility index (Phi) is 4.25. The van der Waals surface area contributed by atoms with Crippen LogP contribution in [-0.4, -0.2) is 24.3 Å². The summed E-state index contributed by atoms with van der Waals surface area (Å²) in [5.74, 6) is 0. The van der Waals surface area contributed by atoms with Crippen molar-refractivity contribution >= 4 is 11.3 Å². The zero-order chi connectivity index (χ0) is 13.1. The molecule has 2 aliphatic rings. The monoisotopic (exact) mass is 279 g/mol. The third-order valence-corrected chi connectivity index (χ3v) is 5.53. The van der Waals surface area contributed by atoms with Gasteiger partial charge >= 0.3 is 0 Å². The number of ether oxygens (including phenoxy) is 1. The van der Waals surface area contributed by atoms with Crippen molar-refractivity contribution in [2.75, 3.05) is 6.54 Å². The van der Waals surface area contributed by atoms with Crippen molar-refractivity contribution in [3.05, 3.63) is 22.4 Å². The Balaban J connectivity index is 1.40. The van der Waals surface area contributed by atoms with E-state index in [1.807, 2.05) is 11.3 Å². The van der Waals surface area contributed by atoms with Gasteiger partial charge in [-0.15, -0.1) is 11.3 Å². The average Bonchev–Trinajstić information content (AvgIpc) is 3.12. The van der Waals surface area contributed by atoms with Gasteiger partial charge in [-0.1, -0.05) is 18.9 Å². The van der Waals surface area contributed by atoms with Crippen molar-refractivity contribution in [1.82, 2.24) is 5.32 Å². The van der Waals surface area contributed by atoms with Crippen LogP contribution >= 0.6 is 11.3 Å². The van der Waals surface area contributed by atoms with E-state index in [9.17, 15) is 0 Å². The fourth-order valence-corrected chi connectivity index (χ4v) is 4.40. The molecule has 1 N–H and O–H groups in total. The van der Waals surface area contributed by atoms with E-state index in [1.54, 1.807) is 0 Å². The third kappa shape index (κ3) is 3.39. The van der Waals surface area contributed by atoms with Crippen LogP contribution in [0, 0.1) is 0 Å². The molecule has 2 atom stereocenters. The first-order valence-electron chi connectivity index (χ1n) is 7.69. The molecule has 1 aromatic heterocycles. The van der Waals surface area contributed by atoms with E-state index in [2.05, 4.69) is 29.8 Å². The molecule has 106 valence electrons. The van der Waals surface area contributed by atoms with E-state index in [0.717, 1.165) is 13.0 Å². The van der Waals surface area contributed by atoms with Crippen LogP contribution in [0.2, 0.25) is 0 Å². The van der Waals surface area contributed by atoms with Gasteiger partial charge in [0.2, 0.25) is 0 Å². The van der Waals surface area contributed by atoms with Gasteiger partial charge in [0, 0.05) is 17.5 Å². The van der Waals surface area contributed by atoms with Gasteiger partial charge in [-0.25, -0.2) is 0 Å². The molecule has 1 aliphatic carbocycles. The third-order valence-electron chi connectivity index (χ3n) is 4.63. The first-order chi connectivity index (χ1) is 9.26. The standard InChI is InChI=1S/C16H25NOS/c1-13(11-15-5-4-10-19-15)17-12-14-6-9-16(18-14)7-2-3-8-16/h4-5,10,13-14,17H,2-3,6-9,11-12H2,1H3. The highest BCUT2D eigenvalue weighted by Gasteiger charge is 2.41. The van der Waals surface area contributed by atoms with Gasteiger partial charge in [-0.2, -0.15) is 0 Å². The lowest BCUT2D eigenvalue weighted by molar-refractivity contribution is -0.0357. The topological polar surface area (TPSA) is 21.3 Å².